The minimum absolute atomic E-state index is 0.0819. The predicted octanol–water partition coefficient (Wildman–Crippen LogP) is 0.131. The number of esters is 1. The first-order valence-electron chi connectivity index (χ1n) is 6.05. The fourth-order valence-electron chi connectivity index (χ4n) is 2.30. The van der Waals surface area contributed by atoms with Gasteiger partial charge in [-0.1, -0.05) is 18.2 Å². The van der Waals surface area contributed by atoms with Crippen LogP contribution in [0.1, 0.15) is 11.5 Å². The van der Waals surface area contributed by atoms with Crippen LogP contribution in [0.4, 0.5) is 0 Å². The zero-order valence-electron chi connectivity index (χ0n) is 11.2. The molecule has 2 rings (SSSR count). The van der Waals surface area contributed by atoms with E-state index >= 15 is 0 Å². The van der Waals surface area contributed by atoms with Crippen LogP contribution in [-0.4, -0.2) is 19.0 Å². The summed E-state index contributed by atoms with van der Waals surface area (Å²) in [5.41, 5.74) is 11.4. The monoisotopic (exact) mass is 287 g/mol. The van der Waals surface area contributed by atoms with E-state index in [1.54, 1.807) is 24.3 Å². The molecule has 0 saturated carbocycles. The van der Waals surface area contributed by atoms with Crippen molar-refractivity contribution >= 4 is 11.9 Å². The summed E-state index contributed by atoms with van der Waals surface area (Å²) in [6.45, 7) is 0. The van der Waals surface area contributed by atoms with Gasteiger partial charge in [0.1, 0.15) is 17.2 Å². The Hall–Kier alpha value is -3.01. The maximum absolute atomic E-state index is 11.9. The smallest absolute Gasteiger partial charge is 0.339 e. The topological polar surface area (TPSA) is 128 Å². The summed E-state index contributed by atoms with van der Waals surface area (Å²) in [5.74, 6) is -3.64. The van der Waals surface area contributed by atoms with Crippen molar-refractivity contribution in [1.82, 2.24) is 0 Å². The van der Waals surface area contributed by atoms with Crippen molar-refractivity contribution in [2.75, 3.05) is 7.11 Å². The fraction of sp³-hybridized carbons (Fsp3) is 0.214. The molecule has 7 heteroatoms. The summed E-state index contributed by atoms with van der Waals surface area (Å²) in [7, 11) is 1.17. The first-order chi connectivity index (χ1) is 10.0. The normalized spacial score (nSPS) is 18.0. The number of ether oxygens (including phenoxy) is 2. The second-order valence-corrected chi connectivity index (χ2v) is 4.40. The molecule has 1 aromatic carbocycles. The number of para-hydroxylation sites is 1. The van der Waals surface area contributed by atoms with E-state index in [0.717, 1.165) is 0 Å². The highest BCUT2D eigenvalue weighted by Gasteiger charge is 2.41. The Kier molecular flexibility index (Phi) is 3.80. The molecule has 21 heavy (non-hydrogen) atoms. The number of carbonyl (C=O) groups is 2. The number of nitrogens with zero attached hydrogens (tertiary/aromatic N) is 1. The van der Waals surface area contributed by atoms with E-state index in [9.17, 15) is 14.9 Å². The van der Waals surface area contributed by atoms with Gasteiger partial charge in [0.25, 0.3) is 0 Å². The van der Waals surface area contributed by atoms with E-state index in [1.807, 2.05) is 6.07 Å². The van der Waals surface area contributed by atoms with Crippen LogP contribution in [0.5, 0.6) is 5.75 Å². The van der Waals surface area contributed by atoms with Crippen LogP contribution in [0.3, 0.4) is 0 Å². The van der Waals surface area contributed by atoms with Gasteiger partial charge in [-0.25, -0.2) is 4.79 Å². The number of carbonyl (C=O) groups excluding carboxylic acids is 2. The predicted molar refractivity (Wildman–Crippen MR) is 71.3 cm³/mol. The molecule has 1 amide bonds. The van der Waals surface area contributed by atoms with E-state index in [1.165, 1.54) is 7.11 Å². The van der Waals surface area contributed by atoms with Crippen molar-refractivity contribution in [2.45, 2.75) is 5.92 Å². The average molecular weight is 287 g/mol. The van der Waals surface area contributed by atoms with Crippen LogP contribution >= 0.6 is 0 Å². The molecule has 0 aliphatic carbocycles. The van der Waals surface area contributed by atoms with Gasteiger partial charge in [0.15, 0.2) is 0 Å². The van der Waals surface area contributed by atoms with Gasteiger partial charge in [0, 0.05) is 11.5 Å². The molecule has 4 N–H and O–H groups in total. The lowest BCUT2D eigenvalue weighted by molar-refractivity contribution is -0.136. The van der Waals surface area contributed by atoms with E-state index in [0.29, 0.717) is 11.3 Å². The van der Waals surface area contributed by atoms with Gasteiger partial charge >= 0.3 is 5.97 Å². The van der Waals surface area contributed by atoms with Crippen molar-refractivity contribution < 1.29 is 19.1 Å². The number of methoxy groups -OCH3 is 1. The highest BCUT2D eigenvalue weighted by atomic mass is 16.5. The average Bonchev–Trinajstić information content (AvgIpc) is 2.46. The van der Waals surface area contributed by atoms with Crippen LogP contribution in [0, 0.1) is 17.2 Å². The molecule has 1 aliphatic heterocycles. The molecule has 0 radical (unpaired) electrons. The lowest BCUT2D eigenvalue weighted by Gasteiger charge is -2.29. The summed E-state index contributed by atoms with van der Waals surface area (Å²) in [6.07, 6.45) is 0. The molecule has 2 unspecified atom stereocenters. The Bertz CT molecular complexity index is 675. The molecule has 1 heterocycles. The summed E-state index contributed by atoms with van der Waals surface area (Å²) >= 11 is 0. The third kappa shape index (κ3) is 2.39. The summed E-state index contributed by atoms with van der Waals surface area (Å²) < 4.78 is 10.0. The SMILES string of the molecule is COC(=O)C1=C(N)Oc2ccccc2C1C(C#N)C(N)=O. The van der Waals surface area contributed by atoms with Gasteiger partial charge in [0.2, 0.25) is 11.8 Å². The van der Waals surface area contributed by atoms with Crippen molar-refractivity contribution in [3.8, 4) is 11.8 Å². The number of benzene rings is 1. The molecule has 0 fully saturated rings. The van der Waals surface area contributed by atoms with E-state index in [4.69, 9.17) is 16.2 Å². The van der Waals surface area contributed by atoms with Crippen molar-refractivity contribution in [3.05, 3.63) is 41.3 Å². The van der Waals surface area contributed by atoms with Gasteiger partial charge in [-0.2, -0.15) is 5.26 Å². The van der Waals surface area contributed by atoms with E-state index in [2.05, 4.69) is 4.74 Å². The molecule has 1 aliphatic rings. The summed E-state index contributed by atoms with van der Waals surface area (Å²) in [4.78, 5) is 23.5. The summed E-state index contributed by atoms with van der Waals surface area (Å²) in [6, 6.07) is 8.48. The molecule has 0 saturated heterocycles. The number of primary amides is 1. The Morgan fingerprint density at radius 2 is 2.10 bits per heavy atom. The van der Waals surface area contributed by atoms with Gasteiger partial charge in [-0.15, -0.1) is 0 Å². The van der Waals surface area contributed by atoms with E-state index in [-0.39, 0.29) is 11.5 Å². The third-order valence-corrected chi connectivity index (χ3v) is 3.23. The van der Waals surface area contributed by atoms with Gasteiger partial charge in [0.05, 0.1) is 13.2 Å². The van der Waals surface area contributed by atoms with Crippen molar-refractivity contribution in [1.29, 1.82) is 5.26 Å². The second-order valence-electron chi connectivity index (χ2n) is 4.40. The van der Waals surface area contributed by atoms with Crippen LogP contribution in [0.25, 0.3) is 0 Å². The number of rotatable bonds is 3. The maximum atomic E-state index is 11.9. The lowest BCUT2D eigenvalue weighted by atomic mass is 9.79. The van der Waals surface area contributed by atoms with E-state index < -0.39 is 23.7 Å². The number of hydrogen-bond acceptors (Lipinski definition) is 6. The molecule has 1 aromatic rings. The van der Waals surface area contributed by atoms with Gasteiger partial charge in [-0.05, 0) is 6.07 Å². The molecule has 7 nitrogen and oxygen atoms in total. The van der Waals surface area contributed by atoms with Crippen molar-refractivity contribution in [3.63, 3.8) is 0 Å². The molecule has 108 valence electrons. The third-order valence-electron chi connectivity index (χ3n) is 3.23. The van der Waals surface area contributed by atoms with Gasteiger partial charge in [-0.3, -0.25) is 4.79 Å². The number of nitriles is 1. The zero-order chi connectivity index (χ0) is 15.6. The van der Waals surface area contributed by atoms with Gasteiger partial charge < -0.3 is 20.9 Å². The van der Waals surface area contributed by atoms with Crippen LogP contribution in [0.2, 0.25) is 0 Å². The largest absolute Gasteiger partial charge is 0.465 e. The molecule has 0 spiro atoms. The standard InChI is InChI=1S/C14H13N3O4/c1-20-14(19)11-10(8(6-15)12(16)18)7-4-2-3-5-9(7)21-13(11)17/h2-5,8,10H,17H2,1H3,(H2,16,18). The Morgan fingerprint density at radius 1 is 1.43 bits per heavy atom. The van der Waals surface area contributed by atoms with Crippen LogP contribution < -0.4 is 16.2 Å². The lowest BCUT2D eigenvalue weighted by Crippen LogP contribution is -2.35. The second kappa shape index (κ2) is 5.54. The molecular weight excluding hydrogens is 274 g/mol. The van der Waals surface area contributed by atoms with Crippen molar-refractivity contribution in [2.24, 2.45) is 17.4 Å². The van der Waals surface area contributed by atoms with Crippen LogP contribution in [-0.2, 0) is 14.3 Å². The fourth-order valence-corrected chi connectivity index (χ4v) is 2.30. The highest BCUT2D eigenvalue weighted by molar-refractivity contribution is 5.94. The Balaban J connectivity index is 2.66. The minimum Gasteiger partial charge on any atom is -0.465 e. The first-order valence-corrected chi connectivity index (χ1v) is 6.05. The number of nitrogens with two attached hydrogens (primary N) is 2. The quantitative estimate of drug-likeness (QED) is 0.760. The van der Waals surface area contributed by atoms with Crippen LogP contribution in [0.15, 0.2) is 35.7 Å². The molecular formula is C14H13N3O4. The number of fused-ring (bicyclic) bond motifs is 1. The maximum Gasteiger partial charge on any atom is 0.339 e. The zero-order valence-corrected chi connectivity index (χ0v) is 11.2. The molecule has 0 bridgehead atoms. The number of amides is 1. The Morgan fingerprint density at radius 3 is 2.67 bits per heavy atom. The molecule has 0 aromatic heterocycles. The Labute approximate surface area is 120 Å². The number of hydrogen-bond donors (Lipinski definition) is 2. The molecule has 2 atom stereocenters. The first kappa shape index (κ1) is 14.4. The minimum atomic E-state index is -1.26. The highest BCUT2D eigenvalue weighted by Crippen LogP contribution is 2.42. The summed E-state index contributed by atoms with van der Waals surface area (Å²) in [5, 5.41) is 9.23.